The molecule has 1 fully saturated rings. The van der Waals surface area contributed by atoms with Gasteiger partial charge in [0.25, 0.3) is 5.91 Å². The van der Waals surface area contributed by atoms with E-state index in [4.69, 9.17) is 16.3 Å². The summed E-state index contributed by atoms with van der Waals surface area (Å²) in [7, 11) is 0. The molecule has 31 heavy (non-hydrogen) atoms. The smallest absolute Gasteiger partial charge is 0.416 e. The van der Waals surface area contributed by atoms with Crippen LogP contribution in [0, 0.1) is 5.92 Å². The Morgan fingerprint density at radius 1 is 1.13 bits per heavy atom. The Bertz CT molecular complexity index is 773. The predicted molar refractivity (Wildman–Crippen MR) is 112 cm³/mol. The third-order valence-corrected chi connectivity index (χ3v) is 5.06. The maximum atomic E-state index is 12.9. The second kappa shape index (κ2) is 10.5. The Hall–Kier alpha value is -2.00. The minimum atomic E-state index is -4.56. The lowest BCUT2D eigenvalue weighted by Gasteiger charge is -2.32. The van der Waals surface area contributed by atoms with Crippen molar-refractivity contribution in [3.8, 4) is 0 Å². The van der Waals surface area contributed by atoms with Gasteiger partial charge in [-0.2, -0.15) is 13.2 Å². The first-order valence-electron chi connectivity index (χ1n) is 10.2. The summed E-state index contributed by atoms with van der Waals surface area (Å²) in [6.45, 7) is 8.59. The molecule has 2 amide bonds. The van der Waals surface area contributed by atoms with Crippen LogP contribution in [0.15, 0.2) is 18.2 Å². The summed E-state index contributed by atoms with van der Waals surface area (Å²) < 4.78 is 43.9. The van der Waals surface area contributed by atoms with Crippen LogP contribution in [0.4, 0.5) is 18.0 Å². The van der Waals surface area contributed by atoms with E-state index in [9.17, 15) is 22.8 Å². The van der Waals surface area contributed by atoms with Gasteiger partial charge in [0, 0.05) is 30.2 Å². The lowest BCUT2D eigenvalue weighted by molar-refractivity contribution is -0.137. The number of likely N-dealkylation sites (tertiary alicyclic amines) is 1. The van der Waals surface area contributed by atoms with E-state index in [-0.39, 0.29) is 16.5 Å². The Morgan fingerprint density at radius 2 is 1.77 bits per heavy atom. The molecule has 1 aliphatic heterocycles. The molecule has 1 aromatic carbocycles. The van der Waals surface area contributed by atoms with Gasteiger partial charge in [-0.25, -0.2) is 4.79 Å². The van der Waals surface area contributed by atoms with Crippen LogP contribution < -0.4 is 10.6 Å². The third-order valence-electron chi connectivity index (χ3n) is 4.84. The SMILES string of the molecule is CC(C)(C)OC(=O)NCCN1CCC(CNC(=O)c2cc(Cl)cc(C(F)(F)F)c2)CC1. The number of amides is 2. The van der Waals surface area contributed by atoms with Gasteiger partial charge in [-0.15, -0.1) is 0 Å². The summed E-state index contributed by atoms with van der Waals surface area (Å²) in [5.74, 6) is -0.336. The molecule has 1 aliphatic rings. The number of alkyl halides is 3. The molecule has 2 N–H and O–H groups in total. The monoisotopic (exact) mass is 463 g/mol. The first-order valence-corrected chi connectivity index (χ1v) is 10.6. The molecule has 2 rings (SSSR count). The number of nitrogens with zero attached hydrogens (tertiary/aromatic N) is 1. The van der Waals surface area contributed by atoms with Crippen LogP contribution in [0.3, 0.4) is 0 Å². The first-order chi connectivity index (χ1) is 14.3. The van der Waals surface area contributed by atoms with E-state index < -0.39 is 29.3 Å². The van der Waals surface area contributed by atoms with Gasteiger partial charge in [0.1, 0.15) is 5.60 Å². The second-order valence-corrected chi connectivity index (χ2v) is 9.09. The Labute approximate surface area is 185 Å². The number of halogens is 4. The Morgan fingerprint density at radius 3 is 2.35 bits per heavy atom. The number of rotatable bonds is 6. The maximum Gasteiger partial charge on any atom is 0.416 e. The van der Waals surface area contributed by atoms with Crippen molar-refractivity contribution in [3.63, 3.8) is 0 Å². The van der Waals surface area contributed by atoms with Gasteiger partial charge in [-0.05, 0) is 70.8 Å². The highest BCUT2D eigenvalue weighted by Gasteiger charge is 2.31. The zero-order chi connectivity index (χ0) is 23.2. The zero-order valence-corrected chi connectivity index (χ0v) is 18.7. The molecule has 0 unspecified atom stereocenters. The third kappa shape index (κ3) is 8.95. The van der Waals surface area contributed by atoms with Crippen molar-refractivity contribution in [3.05, 3.63) is 34.3 Å². The zero-order valence-electron chi connectivity index (χ0n) is 17.9. The summed E-state index contributed by atoms with van der Waals surface area (Å²) in [4.78, 5) is 26.2. The topological polar surface area (TPSA) is 70.7 Å². The van der Waals surface area contributed by atoms with E-state index in [0.29, 0.717) is 19.6 Å². The Balaban J connectivity index is 1.72. The molecule has 0 aromatic heterocycles. The quantitative estimate of drug-likeness (QED) is 0.659. The fourth-order valence-corrected chi connectivity index (χ4v) is 3.50. The summed E-state index contributed by atoms with van der Waals surface area (Å²) in [6, 6.07) is 2.83. The van der Waals surface area contributed by atoms with Crippen LogP contribution in [0.1, 0.15) is 49.5 Å². The van der Waals surface area contributed by atoms with E-state index in [2.05, 4.69) is 15.5 Å². The number of carbonyl (C=O) groups is 2. The van der Waals surface area contributed by atoms with Gasteiger partial charge in [0.05, 0.1) is 5.56 Å². The van der Waals surface area contributed by atoms with Gasteiger partial charge >= 0.3 is 12.3 Å². The highest BCUT2D eigenvalue weighted by atomic mass is 35.5. The lowest BCUT2D eigenvalue weighted by atomic mass is 9.96. The molecule has 0 bridgehead atoms. The van der Waals surface area contributed by atoms with Crippen LogP contribution >= 0.6 is 11.6 Å². The van der Waals surface area contributed by atoms with Crippen molar-refractivity contribution >= 4 is 23.6 Å². The molecule has 1 aromatic rings. The minimum absolute atomic E-state index is 0.106. The fraction of sp³-hybridized carbons (Fsp3) is 0.619. The number of alkyl carbamates (subject to hydrolysis) is 1. The number of benzene rings is 1. The van der Waals surface area contributed by atoms with E-state index in [1.165, 1.54) is 6.07 Å². The fourth-order valence-electron chi connectivity index (χ4n) is 3.27. The first kappa shape index (κ1) is 25.3. The van der Waals surface area contributed by atoms with Crippen molar-refractivity contribution in [2.24, 2.45) is 5.92 Å². The molecule has 174 valence electrons. The van der Waals surface area contributed by atoms with E-state index in [1.807, 2.05) is 0 Å². The number of hydrogen-bond acceptors (Lipinski definition) is 4. The summed E-state index contributed by atoms with van der Waals surface area (Å²) in [5.41, 5.74) is -1.59. The number of piperidine rings is 1. The van der Waals surface area contributed by atoms with Crippen molar-refractivity contribution in [1.82, 2.24) is 15.5 Å². The van der Waals surface area contributed by atoms with Crippen LogP contribution in [0.25, 0.3) is 0 Å². The summed E-state index contributed by atoms with van der Waals surface area (Å²) in [5, 5.41) is 5.31. The van der Waals surface area contributed by atoms with E-state index in [1.54, 1.807) is 20.8 Å². The van der Waals surface area contributed by atoms with Crippen molar-refractivity contribution < 1.29 is 27.5 Å². The normalized spacial score (nSPS) is 16.1. The largest absolute Gasteiger partial charge is 0.444 e. The minimum Gasteiger partial charge on any atom is -0.444 e. The maximum absolute atomic E-state index is 12.9. The molecule has 0 radical (unpaired) electrons. The van der Waals surface area contributed by atoms with Gasteiger partial charge < -0.3 is 20.3 Å². The average molecular weight is 464 g/mol. The van der Waals surface area contributed by atoms with Crippen LogP contribution in [0.2, 0.25) is 5.02 Å². The number of nitrogens with one attached hydrogen (secondary N) is 2. The van der Waals surface area contributed by atoms with Crippen LogP contribution in [-0.2, 0) is 10.9 Å². The van der Waals surface area contributed by atoms with E-state index in [0.717, 1.165) is 38.1 Å². The lowest BCUT2D eigenvalue weighted by Crippen LogP contribution is -2.42. The summed E-state index contributed by atoms with van der Waals surface area (Å²) in [6.07, 6.45) is -3.32. The molecule has 0 spiro atoms. The molecule has 1 saturated heterocycles. The standard InChI is InChI=1S/C21H29ClF3N3O3/c1-20(2,3)31-19(30)26-6-9-28-7-4-14(5-8-28)13-27-18(29)15-10-16(21(23,24)25)12-17(22)11-15/h10-12,14H,4-9,13H2,1-3H3,(H,26,30)(H,27,29). The molecule has 6 nitrogen and oxygen atoms in total. The number of ether oxygens (including phenoxy) is 1. The molecular formula is C21H29ClF3N3O3. The molecule has 0 atom stereocenters. The van der Waals surface area contributed by atoms with E-state index >= 15 is 0 Å². The van der Waals surface area contributed by atoms with Crippen molar-refractivity contribution in [1.29, 1.82) is 0 Å². The highest BCUT2D eigenvalue weighted by molar-refractivity contribution is 6.31. The van der Waals surface area contributed by atoms with Gasteiger partial charge in [-0.3, -0.25) is 4.79 Å². The van der Waals surface area contributed by atoms with Gasteiger partial charge in [-0.1, -0.05) is 11.6 Å². The molecule has 1 heterocycles. The van der Waals surface area contributed by atoms with Crippen molar-refractivity contribution in [2.45, 2.75) is 45.4 Å². The average Bonchev–Trinajstić information content (AvgIpc) is 2.64. The number of carbonyl (C=O) groups excluding carboxylic acids is 2. The molecule has 0 saturated carbocycles. The number of hydrogen-bond donors (Lipinski definition) is 2. The molecular weight excluding hydrogens is 435 g/mol. The molecule has 0 aliphatic carbocycles. The predicted octanol–water partition coefficient (Wildman–Crippen LogP) is 4.33. The van der Waals surface area contributed by atoms with Crippen LogP contribution in [-0.4, -0.2) is 55.2 Å². The molecule has 10 heteroatoms. The van der Waals surface area contributed by atoms with Crippen LogP contribution in [0.5, 0.6) is 0 Å². The van der Waals surface area contributed by atoms with Gasteiger partial charge in [0.2, 0.25) is 0 Å². The Kier molecular flexibility index (Phi) is 8.59. The summed E-state index contributed by atoms with van der Waals surface area (Å²) >= 11 is 5.74. The highest BCUT2D eigenvalue weighted by Crippen LogP contribution is 2.32. The van der Waals surface area contributed by atoms with Gasteiger partial charge in [0.15, 0.2) is 0 Å². The van der Waals surface area contributed by atoms with Crippen molar-refractivity contribution in [2.75, 3.05) is 32.7 Å². The second-order valence-electron chi connectivity index (χ2n) is 8.65.